The van der Waals surface area contributed by atoms with Gasteiger partial charge in [-0.15, -0.1) is 0 Å². The number of carbonyl (C=O) groups is 1. The first-order valence-corrected chi connectivity index (χ1v) is 9.76. The molecular weight excluding hydrogens is 358 g/mol. The second-order valence-electron chi connectivity index (χ2n) is 7.61. The van der Waals surface area contributed by atoms with Crippen LogP contribution in [0.15, 0.2) is 42.5 Å². The van der Waals surface area contributed by atoms with Crippen molar-refractivity contribution >= 4 is 11.6 Å². The van der Waals surface area contributed by atoms with Crippen LogP contribution in [0.1, 0.15) is 31.2 Å². The molecule has 2 aliphatic heterocycles. The van der Waals surface area contributed by atoms with Crippen LogP contribution in [-0.4, -0.2) is 25.7 Å². The molecule has 1 spiro atoms. The summed E-state index contributed by atoms with van der Waals surface area (Å²) in [5.74, 6) is 1.17. The summed E-state index contributed by atoms with van der Waals surface area (Å²) in [4.78, 5) is 12.8. The van der Waals surface area contributed by atoms with Gasteiger partial charge < -0.3 is 24.3 Å². The quantitative estimate of drug-likeness (QED) is 0.841. The van der Waals surface area contributed by atoms with Gasteiger partial charge in [0.2, 0.25) is 0 Å². The molecule has 6 heteroatoms. The highest BCUT2D eigenvalue weighted by Crippen LogP contribution is 2.47. The fourth-order valence-corrected chi connectivity index (χ4v) is 3.89. The largest absolute Gasteiger partial charge is 0.497 e. The molecule has 6 nitrogen and oxygen atoms in total. The van der Waals surface area contributed by atoms with Crippen molar-refractivity contribution in [2.45, 2.75) is 37.6 Å². The van der Waals surface area contributed by atoms with Gasteiger partial charge in [-0.25, -0.2) is 0 Å². The monoisotopic (exact) mass is 381 g/mol. The molecule has 5 rings (SSSR count). The van der Waals surface area contributed by atoms with E-state index in [1.165, 1.54) is 12.8 Å². The maximum Gasteiger partial charge on any atom is 0.289 e. The molecule has 2 atom stereocenters. The number of carbonyl (C=O) groups excluding carboxylic acids is 1. The molecule has 3 aliphatic rings. The third kappa shape index (κ3) is 3.12. The zero-order valence-electron chi connectivity index (χ0n) is 15.8. The Balaban J connectivity index is 1.41. The normalized spacial score (nSPS) is 26.0. The van der Waals surface area contributed by atoms with Crippen molar-refractivity contribution in [3.05, 3.63) is 48.0 Å². The molecule has 2 fully saturated rings. The topological polar surface area (TPSA) is 66.0 Å². The predicted molar refractivity (Wildman–Crippen MR) is 103 cm³/mol. The van der Waals surface area contributed by atoms with Crippen LogP contribution in [0.2, 0.25) is 0 Å². The number of hydrogen-bond donors (Lipinski definition) is 1. The molecule has 146 valence electrons. The molecule has 1 aliphatic carbocycles. The number of hydrogen-bond acceptors (Lipinski definition) is 5. The first-order valence-electron chi connectivity index (χ1n) is 9.76. The predicted octanol–water partition coefficient (Wildman–Crippen LogP) is 4.20. The smallest absolute Gasteiger partial charge is 0.289 e. The van der Waals surface area contributed by atoms with E-state index in [4.69, 9.17) is 18.9 Å². The van der Waals surface area contributed by atoms with Crippen molar-refractivity contribution in [2.75, 3.05) is 19.0 Å². The first kappa shape index (κ1) is 17.5. The summed E-state index contributed by atoms with van der Waals surface area (Å²) >= 11 is 0. The van der Waals surface area contributed by atoms with Gasteiger partial charge in [-0.05, 0) is 61.2 Å². The summed E-state index contributed by atoms with van der Waals surface area (Å²) in [6.45, 7) is 0.508. The number of methoxy groups -OCH3 is 1. The van der Waals surface area contributed by atoms with Gasteiger partial charge in [-0.3, -0.25) is 4.79 Å². The van der Waals surface area contributed by atoms with Gasteiger partial charge >= 0.3 is 0 Å². The Morgan fingerprint density at radius 2 is 1.82 bits per heavy atom. The fraction of sp³-hybridized carbons (Fsp3) is 0.409. The summed E-state index contributed by atoms with van der Waals surface area (Å²) in [5, 5.41) is 2.89. The van der Waals surface area contributed by atoms with E-state index in [0.29, 0.717) is 29.4 Å². The van der Waals surface area contributed by atoms with Crippen LogP contribution in [0.25, 0.3) is 0 Å². The zero-order valence-corrected chi connectivity index (χ0v) is 15.8. The van der Waals surface area contributed by atoms with E-state index in [2.05, 4.69) is 5.32 Å². The number of benzene rings is 2. The summed E-state index contributed by atoms with van der Waals surface area (Å²) in [7, 11) is 1.63. The summed E-state index contributed by atoms with van der Waals surface area (Å²) in [6.07, 6.45) is 4.38. The highest BCUT2D eigenvalue weighted by Gasteiger charge is 2.53. The molecule has 0 aromatic heterocycles. The van der Waals surface area contributed by atoms with E-state index in [-0.39, 0.29) is 12.0 Å². The van der Waals surface area contributed by atoms with Gasteiger partial charge in [0.15, 0.2) is 0 Å². The molecule has 0 bridgehead atoms. The minimum atomic E-state index is -1.37. The zero-order chi connectivity index (χ0) is 19.1. The molecule has 1 saturated heterocycles. The molecule has 2 heterocycles. The van der Waals surface area contributed by atoms with E-state index in [9.17, 15) is 4.79 Å². The van der Waals surface area contributed by atoms with Crippen LogP contribution >= 0.6 is 0 Å². The van der Waals surface area contributed by atoms with E-state index >= 15 is 0 Å². The molecule has 1 amide bonds. The standard InChI is InChI=1S/C22H23NO5/c1-25-15-4-6-16(7-5-15)27-17-8-9-20-19(13-17)22(21(24)23-20)26-11-10-18(28-22)12-14-2-3-14/h4-9,13-14,18H,2-3,10-12H2,1H3,(H,23,24). The average molecular weight is 381 g/mol. The van der Waals surface area contributed by atoms with Gasteiger partial charge in [-0.2, -0.15) is 0 Å². The summed E-state index contributed by atoms with van der Waals surface area (Å²) in [6, 6.07) is 12.8. The molecule has 0 radical (unpaired) electrons. The van der Waals surface area contributed by atoms with Crippen molar-refractivity contribution < 1.29 is 23.7 Å². The Kier molecular flexibility index (Phi) is 4.25. The van der Waals surface area contributed by atoms with Gasteiger partial charge in [0.1, 0.15) is 17.2 Å². The summed E-state index contributed by atoms with van der Waals surface area (Å²) in [5.41, 5.74) is 1.39. The van der Waals surface area contributed by atoms with Gasteiger partial charge in [0, 0.05) is 5.56 Å². The second kappa shape index (κ2) is 6.79. The van der Waals surface area contributed by atoms with E-state index in [1.54, 1.807) is 7.11 Å². The van der Waals surface area contributed by atoms with E-state index < -0.39 is 5.79 Å². The van der Waals surface area contributed by atoms with Crippen molar-refractivity contribution in [1.82, 2.24) is 0 Å². The van der Waals surface area contributed by atoms with Crippen molar-refractivity contribution in [2.24, 2.45) is 5.92 Å². The maximum absolute atomic E-state index is 12.8. The fourth-order valence-electron chi connectivity index (χ4n) is 3.89. The van der Waals surface area contributed by atoms with Crippen LogP contribution in [0.5, 0.6) is 17.2 Å². The molecule has 1 N–H and O–H groups in total. The molecular formula is C22H23NO5. The minimum absolute atomic E-state index is 0.0455. The number of rotatable bonds is 5. The molecule has 2 unspecified atom stereocenters. The van der Waals surface area contributed by atoms with Gasteiger partial charge in [0.05, 0.1) is 25.5 Å². The van der Waals surface area contributed by atoms with Crippen molar-refractivity contribution in [1.29, 1.82) is 0 Å². The SMILES string of the molecule is COc1ccc(Oc2ccc3c(c2)C2(OCCC(CC4CC4)O2)C(=O)N3)cc1. The lowest BCUT2D eigenvalue weighted by Crippen LogP contribution is -2.47. The number of anilines is 1. The number of fused-ring (bicyclic) bond motifs is 2. The molecule has 2 aromatic carbocycles. The van der Waals surface area contributed by atoms with Crippen molar-refractivity contribution in [3.8, 4) is 17.2 Å². The lowest BCUT2D eigenvalue weighted by atomic mass is 10.0. The number of ether oxygens (including phenoxy) is 4. The second-order valence-corrected chi connectivity index (χ2v) is 7.61. The average Bonchev–Trinajstić information content (AvgIpc) is 3.49. The first-order chi connectivity index (χ1) is 13.7. The molecule has 1 saturated carbocycles. The van der Waals surface area contributed by atoms with Gasteiger partial charge in [0.25, 0.3) is 11.7 Å². The lowest BCUT2D eigenvalue weighted by Gasteiger charge is -2.37. The number of amides is 1. The summed E-state index contributed by atoms with van der Waals surface area (Å²) < 4.78 is 23.3. The van der Waals surface area contributed by atoms with E-state index in [0.717, 1.165) is 24.5 Å². The molecule has 2 aromatic rings. The Bertz CT molecular complexity index is 892. The Morgan fingerprint density at radius 3 is 2.57 bits per heavy atom. The van der Waals surface area contributed by atoms with Crippen LogP contribution < -0.4 is 14.8 Å². The van der Waals surface area contributed by atoms with Crippen LogP contribution in [0, 0.1) is 5.92 Å². The third-order valence-corrected chi connectivity index (χ3v) is 5.56. The van der Waals surface area contributed by atoms with E-state index in [1.807, 2.05) is 42.5 Å². The number of nitrogens with one attached hydrogen (secondary N) is 1. The minimum Gasteiger partial charge on any atom is -0.497 e. The highest BCUT2D eigenvalue weighted by atomic mass is 16.7. The van der Waals surface area contributed by atoms with Gasteiger partial charge in [-0.1, -0.05) is 12.8 Å². The maximum atomic E-state index is 12.8. The van der Waals surface area contributed by atoms with Crippen LogP contribution in [0.3, 0.4) is 0 Å². The van der Waals surface area contributed by atoms with Crippen LogP contribution in [-0.2, 0) is 20.1 Å². The Labute approximate surface area is 163 Å². The highest BCUT2D eigenvalue weighted by molar-refractivity contribution is 6.04. The lowest BCUT2D eigenvalue weighted by molar-refractivity contribution is -0.281. The van der Waals surface area contributed by atoms with Crippen LogP contribution in [0.4, 0.5) is 5.69 Å². The molecule has 28 heavy (non-hydrogen) atoms. The Morgan fingerprint density at radius 1 is 1.07 bits per heavy atom. The third-order valence-electron chi connectivity index (χ3n) is 5.56. The van der Waals surface area contributed by atoms with Crippen molar-refractivity contribution in [3.63, 3.8) is 0 Å². The Hall–Kier alpha value is -2.57.